The molecule has 0 aliphatic heterocycles. The van der Waals surface area contributed by atoms with Crippen molar-refractivity contribution in [3.05, 3.63) is 78.1 Å². The molecule has 0 saturated carbocycles. The Hall–Kier alpha value is -2.99. The van der Waals surface area contributed by atoms with Gasteiger partial charge in [-0.2, -0.15) is 9.90 Å². The first kappa shape index (κ1) is 17.8. The number of nitrogens with zero attached hydrogens (tertiary/aromatic N) is 3. The minimum absolute atomic E-state index is 0.0395. The Labute approximate surface area is 152 Å². The summed E-state index contributed by atoms with van der Waals surface area (Å²) in [5.74, 6) is -0.233. The second kappa shape index (κ2) is 8.92. The number of amides is 1. The van der Waals surface area contributed by atoms with E-state index in [4.69, 9.17) is 4.74 Å². The summed E-state index contributed by atoms with van der Waals surface area (Å²) in [5, 5.41) is 11.2. The van der Waals surface area contributed by atoms with Crippen molar-refractivity contribution in [3.63, 3.8) is 0 Å². The zero-order valence-electron chi connectivity index (χ0n) is 14.7. The first-order valence-electron chi connectivity index (χ1n) is 8.66. The molecule has 0 aliphatic rings. The maximum absolute atomic E-state index is 12.1. The van der Waals surface area contributed by atoms with Crippen molar-refractivity contribution in [2.75, 3.05) is 13.2 Å². The van der Waals surface area contributed by atoms with Gasteiger partial charge in [-0.15, -0.1) is 5.10 Å². The highest BCUT2D eigenvalue weighted by Crippen LogP contribution is 2.15. The number of ether oxygens (including phenoxy) is 1. The van der Waals surface area contributed by atoms with E-state index in [0.29, 0.717) is 18.8 Å². The fraction of sp³-hybridized carbons (Fsp3) is 0.250. The average molecular weight is 350 g/mol. The number of hydrogen-bond donors (Lipinski definition) is 1. The van der Waals surface area contributed by atoms with Crippen LogP contribution in [0.1, 0.15) is 35.5 Å². The van der Waals surface area contributed by atoms with Gasteiger partial charge in [-0.3, -0.25) is 4.79 Å². The van der Waals surface area contributed by atoms with E-state index in [1.807, 2.05) is 67.6 Å². The first-order chi connectivity index (χ1) is 12.7. The summed E-state index contributed by atoms with van der Waals surface area (Å²) in [7, 11) is 0. The van der Waals surface area contributed by atoms with Gasteiger partial charge in [-0.25, -0.2) is 0 Å². The maximum atomic E-state index is 12.1. The molecule has 26 heavy (non-hydrogen) atoms. The Morgan fingerprint density at radius 3 is 2.54 bits per heavy atom. The summed E-state index contributed by atoms with van der Waals surface area (Å²) in [6, 6.07) is 19.5. The monoisotopic (exact) mass is 350 g/mol. The predicted octanol–water partition coefficient (Wildman–Crippen LogP) is 3.17. The van der Waals surface area contributed by atoms with Crippen LogP contribution in [0.25, 0.3) is 5.69 Å². The Morgan fingerprint density at radius 1 is 1.12 bits per heavy atom. The lowest BCUT2D eigenvalue weighted by Gasteiger charge is -2.13. The van der Waals surface area contributed by atoms with Gasteiger partial charge in [-0.05, 0) is 31.0 Å². The molecule has 6 heteroatoms. The summed E-state index contributed by atoms with van der Waals surface area (Å²) >= 11 is 0. The first-order valence-corrected chi connectivity index (χ1v) is 8.66. The number of carbonyl (C=O) groups excluding carboxylic acids is 1. The second-order valence-corrected chi connectivity index (χ2v) is 5.89. The second-order valence-electron chi connectivity index (χ2n) is 5.89. The SMILES string of the molecule is CC(OCCCNC(=O)c1cnn(-c2ccccc2)n1)c1ccccc1. The third-order valence-electron chi connectivity index (χ3n) is 3.96. The van der Waals surface area contributed by atoms with Crippen LogP contribution in [0.4, 0.5) is 0 Å². The molecule has 1 unspecified atom stereocenters. The van der Waals surface area contributed by atoms with Crippen LogP contribution in [-0.2, 0) is 4.74 Å². The zero-order chi connectivity index (χ0) is 18.2. The van der Waals surface area contributed by atoms with Crippen molar-refractivity contribution >= 4 is 5.91 Å². The highest BCUT2D eigenvalue weighted by molar-refractivity contribution is 5.91. The van der Waals surface area contributed by atoms with E-state index in [0.717, 1.165) is 17.7 Å². The van der Waals surface area contributed by atoms with Crippen LogP contribution in [0.2, 0.25) is 0 Å². The number of benzene rings is 2. The van der Waals surface area contributed by atoms with Crippen LogP contribution in [0.5, 0.6) is 0 Å². The largest absolute Gasteiger partial charge is 0.374 e. The lowest BCUT2D eigenvalue weighted by Crippen LogP contribution is -2.26. The molecule has 1 aromatic heterocycles. The number of aromatic nitrogens is 3. The Bertz CT molecular complexity index is 818. The summed E-state index contributed by atoms with van der Waals surface area (Å²) in [4.78, 5) is 13.6. The van der Waals surface area contributed by atoms with Gasteiger partial charge in [0, 0.05) is 13.2 Å². The molecular weight excluding hydrogens is 328 g/mol. The van der Waals surface area contributed by atoms with Crippen LogP contribution in [0, 0.1) is 0 Å². The molecule has 3 aromatic rings. The molecule has 1 N–H and O–H groups in total. The van der Waals surface area contributed by atoms with Crippen molar-refractivity contribution < 1.29 is 9.53 Å². The van der Waals surface area contributed by atoms with Crippen LogP contribution >= 0.6 is 0 Å². The molecule has 2 aromatic carbocycles. The molecule has 0 spiro atoms. The molecule has 1 amide bonds. The van der Waals surface area contributed by atoms with Crippen molar-refractivity contribution in [1.82, 2.24) is 20.3 Å². The van der Waals surface area contributed by atoms with Crippen molar-refractivity contribution in [3.8, 4) is 5.69 Å². The van der Waals surface area contributed by atoms with E-state index in [-0.39, 0.29) is 12.0 Å². The standard InChI is InChI=1S/C20H22N4O2/c1-16(17-9-4-2-5-10-17)26-14-8-13-21-20(25)19-15-22-24(23-19)18-11-6-3-7-12-18/h2-7,9-12,15-16H,8,13-14H2,1H3,(H,21,25). The molecular formula is C20H22N4O2. The number of rotatable bonds is 8. The smallest absolute Gasteiger partial charge is 0.273 e. The van der Waals surface area contributed by atoms with E-state index in [1.165, 1.54) is 11.0 Å². The highest BCUT2D eigenvalue weighted by Gasteiger charge is 2.11. The third kappa shape index (κ3) is 4.77. The minimum Gasteiger partial charge on any atom is -0.374 e. The van der Waals surface area contributed by atoms with Crippen LogP contribution in [-0.4, -0.2) is 34.1 Å². The Morgan fingerprint density at radius 2 is 1.81 bits per heavy atom. The predicted molar refractivity (Wildman–Crippen MR) is 99.1 cm³/mol. The number of hydrogen-bond acceptors (Lipinski definition) is 4. The topological polar surface area (TPSA) is 69.0 Å². The normalized spacial score (nSPS) is 11.9. The van der Waals surface area contributed by atoms with Gasteiger partial charge in [-0.1, -0.05) is 48.5 Å². The molecule has 0 fully saturated rings. The number of nitrogens with one attached hydrogen (secondary N) is 1. The summed E-state index contributed by atoms with van der Waals surface area (Å²) in [6.07, 6.45) is 2.24. The molecule has 1 atom stereocenters. The zero-order valence-corrected chi connectivity index (χ0v) is 14.7. The molecule has 0 saturated heterocycles. The Kier molecular flexibility index (Phi) is 6.11. The van der Waals surface area contributed by atoms with E-state index >= 15 is 0 Å². The number of carbonyl (C=O) groups is 1. The van der Waals surface area contributed by atoms with E-state index in [9.17, 15) is 4.79 Å². The summed E-state index contributed by atoms with van der Waals surface area (Å²) in [6.45, 7) is 3.13. The fourth-order valence-electron chi connectivity index (χ4n) is 2.50. The lowest BCUT2D eigenvalue weighted by atomic mass is 10.1. The molecule has 0 bridgehead atoms. The third-order valence-corrected chi connectivity index (χ3v) is 3.96. The fourth-order valence-corrected chi connectivity index (χ4v) is 2.50. The van der Waals surface area contributed by atoms with Gasteiger partial charge >= 0.3 is 0 Å². The van der Waals surface area contributed by atoms with Gasteiger partial charge < -0.3 is 10.1 Å². The lowest BCUT2D eigenvalue weighted by molar-refractivity contribution is 0.0634. The van der Waals surface area contributed by atoms with Crippen LogP contribution in [0.15, 0.2) is 66.9 Å². The van der Waals surface area contributed by atoms with Gasteiger partial charge in [0.25, 0.3) is 5.91 Å². The molecule has 3 rings (SSSR count). The van der Waals surface area contributed by atoms with Crippen molar-refractivity contribution in [1.29, 1.82) is 0 Å². The van der Waals surface area contributed by atoms with E-state index in [2.05, 4.69) is 15.5 Å². The van der Waals surface area contributed by atoms with E-state index in [1.54, 1.807) is 0 Å². The van der Waals surface area contributed by atoms with Crippen LogP contribution < -0.4 is 5.32 Å². The Balaban J connectivity index is 1.40. The van der Waals surface area contributed by atoms with Gasteiger partial charge in [0.1, 0.15) is 0 Å². The molecule has 1 heterocycles. The quantitative estimate of drug-likeness (QED) is 0.634. The molecule has 0 aliphatic carbocycles. The minimum atomic E-state index is -0.233. The van der Waals surface area contributed by atoms with Gasteiger partial charge in [0.15, 0.2) is 5.69 Å². The van der Waals surface area contributed by atoms with Crippen LogP contribution in [0.3, 0.4) is 0 Å². The van der Waals surface area contributed by atoms with Gasteiger partial charge in [0.05, 0.1) is 18.0 Å². The van der Waals surface area contributed by atoms with Gasteiger partial charge in [0.2, 0.25) is 0 Å². The highest BCUT2D eigenvalue weighted by atomic mass is 16.5. The molecule has 0 radical (unpaired) electrons. The maximum Gasteiger partial charge on any atom is 0.273 e. The molecule has 134 valence electrons. The number of para-hydroxylation sites is 1. The van der Waals surface area contributed by atoms with Crippen molar-refractivity contribution in [2.24, 2.45) is 0 Å². The average Bonchev–Trinajstić information content (AvgIpc) is 3.19. The summed E-state index contributed by atoms with van der Waals surface area (Å²) < 4.78 is 5.79. The van der Waals surface area contributed by atoms with Crippen molar-refractivity contribution in [2.45, 2.75) is 19.4 Å². The summed E-state index contributed by atoms with van der Waals surface area (Å²) in [5.41, 5.74) is 2.26. The molecule has 6 nitrogen and oxygen atoms in total. The van der Waals surface area contributed by atoms with E-state index < -0.39 is 0 Å².